The third-order valence-corrected chi connectivity index (χ3v) is 7.20. The van der Waals surface area contributed by atoms with Crippen molar-refractivity contribution in [3.8, 4) is 5.75 Å². The first-order chi connectivity index (χ1) is 17.9. The quantitative estimate of drug-likeness (QED) is 0.149. The molecule has 1 unspecified atom stereocenters. The summed E-state index contributed by atoms with van der Waals surface area (Å²) in [6, 6.07) is 11.5. The Bertz CT molecular complexity index is 1520. The molecule has 40 heavy (non-hydrogen) atoms. The molecule has 3 aromatic carbocycles. The van der Waals surface area contributed by atoms with Crippen molar-refractivity contribution in [2.75, 3.05) is 0 Å². The van der Waals surface area contributed by atoms with Crippen LogP contribution in [-0.4, -0.2) is 91.6 Å². The Morgan fingerprint density at radius 1 is 0.925 bits per heavy atom. The first kappa shape index (κ1) is 34.5. The standard InChI is InChI=1S/C26H16F5NO4S2.2Na.2H/c27-16-3-1-14(2-4-16)21(13-23(34)35)20-6-5-18(12-22(20)33)38-19-10-15(9-17(28)11-19)25(36,26(29,30)31)24-32-7-8-37-24;;;;/h1-13,33,36H,(H,34,35);;;;/b21-13-;;;;. The number of aromatic nitrogens is 1. The van der Waals surface area contributed by atoms with Crippen molar-refractivity contribution in [3.05, 3.63) is 112 Å². The van der Waals surface area contributed by atoms with E-state index in [2.05, 4.69) is 4.98 Å². The van der Waals surface area contributed by atoms with Crippen LogP contribution in [0.1, 0.15) is 21.7 Å². The molecule has 0 fully saturated rings. The van der Waals surface area contributed by atoms with Crippen LogP contribution in [0.25, 0.3) is 5.57 Å². The zero-order valence-electron chi connectivity index (χ0n) is 18.9. The topological polar surface area (TPSA) is 90.7 Å². The Kier molecular flexibility index (Phi) is 12.0. The van der Waals surface area contributed by atoms with Gasteiger partial charge in [0.1, 0.15) is 22.4 Å². The monoisotopic (exact) mass is 613 g/mol. The summed E-state index contributed by atoms with van der Waals surface area (Å²) < 4.78 is 69.6. The molecule has 0 amide bonds. The molecular weight excluding hydrogens is 595 g/mol. The van der Waals surface area contributed by atoms with Gasteiger partial charge in [-0.3, -0.25) is 0 Å². The van der Waals surface area contributed by atoms with Gasteiger partial charge in [0.05, 0.1) is 0 Å². The van der Waals surface area contributed by atoms with Gasteiger partial charge in [0.25, 0.3) is 0 Å². The predicted molar refractivity (Wildman–Crippen MR) is 145 cm³/mol. The number of carboxylic acid groups (broad SMARTS) is 1. The molecule has 4 aromatic rings. The van der Waals surface area contributed by atoms with Gasteiger partial charge in [0.2, 0.25) is 5.60 Å². The molecule has 3 N–H and O–H groups in total. The average molecular weight is 614 g/mol. The van der Waals surface area contributed by atoms with Crippen molar-refractivity contribution in [1.29, 1.82) is 0 Å². The number of aromatic hydroxyl groups is 1. The number of nitrogens with zero attached hydrogens (tertiary/aromatic N) is 1. The molecule has 0 radical (unpaired) electrons. The Hall–Kier alpha value is -1.74. The van der Waals surface area contributed by atoms with E-state index in [1.54, 1.807) is 0 Å². The number of phenols is 1. The van der Waals surface area contributed by atoms with Crippen LogP contribution in [0.2, 0.25) is 0 Å². The Labute approximate surface area is 277 Å². The fourth-order valence-corrected chi connectivity index (χ4v) is 5.36. The number of phenolic OH excluding ortho intramolecular Hbond substituents is 1. The van der Waals surface area contributed by atoms with E-state index in [9.17, 15) is 42.1 Å². The van der Waals surface area contributed by atoms with Crippen LogP contribution in [0.3, 0.4) is 0 Å². The number of alkyl halides is 3. The van der Waals surface area contributed by atoms with Crippen LogP contribution in [0.5, 0.6) is 5.75 Å². The summed E-state index contributed by atoms with van der Waals surface area (Å²) in [5.74, 6) is -3.26. The van der Waals surface area contributed by atoms with Crippen molar-refractivity contribution < 1.29 is 42.1 Å². The van der Waals surface area contributed by atoms with Gasteiger partial charge in [-0.05, 0) is 59.7 Å². The second-order valence-corrected chi connectivity index (χ2v) is 9.95. The van der Waals surface area contributed by atoms with E-state index in [4.69, 9.17) is 0 Å². The Balaban J connectivity index is 0.00000280. The zero-order chi connectivity index (χ0) is 27.7. The van der Waals surface area contributed by atoms with E-state index in [0.29, 0.717) is 23.0 Å². The Morgan fingerprint density at radius 3 is 2.15 bits per heavy atom. The maximum absolute atomic E-state index is 14.4. The Morgan fingerprint density at radius 2 is 1.60 bits per heavy atom. The first-order valence-electron chi connectivity index (χ1n) is 10.6. The van der Waals surface area contributed by atoms with Gasteiger partial charge in [-0.25, -0.2) is 18.6 Å². The third kappa shape index (κ3) is 7.55. The normalized spacial score (nSPS) is 13.1. The van der Waals surface area contributed by atoms with Gasteiger partial charge >= 0.3 is 71.3 Å². The predicted octanol–water partition coefficient (Wildman–Crippen LogP) is 5.30. The van der Waals surface area contributed by atoms with Crippen LogP contribution < -0.4 is 0 Å². The average Bonchev–Trinajstić information content (AvgIpc) is 3.37. The number of hydrogen-bond acceptors (Lipinski definition) is 6. The molecular formula is C26H18F5NNa2O4S2. The fraction of sp³-hybridized carbons (Fsp3) is 0.0769. The number of benzene rings is 3. The van der Waals surface area contributed by atoms with E-state index in [1.807, 2.05) is 0 Å². The second-order valence-electron chi connectivity index (χ2n) is 7.91. The van der Waals surface area contributed by atoms with Crippen LogP contribution in [0.4, 0.5) is 22.0 Å². The molecule has 0 saturated heterocycles. The number of aliphatic carboxylic acids is 1. The second kappa shape index (κ2) is 14.0. The molecule has 0 spiro atoms. The van der Waals surface area contributed by atoms with E-state index in [1.165, 1.54) is 35.7 Å². The minimum absolute atomic E-state index is 0. The molecule has 0 bridgehead atoms. The molecule has 4 rings (SSSR count). The number of carboxylic acids is 1. The summed E-state index contributed by atoms with van der Waals surface area (Å²) in [6.45, 7) is 0. The zero-order valence-corrected chi connectivity index (χ0v) is 20.5. The van der Waals surface area contributed by atoms with Gasteiger partial charge in [0, 0.05) is 38.6 Å². The minimum atomic E-state index is -5.20. The summed E-state index contributed by atoms with van der Waals surface area (Å²) in [5, 5.41) is 31.2. The van der Waals surface area contributed by atoms with E-state index >= 15 is 0 Å². The maximum atomic E-state index is 14.4. The van der Waals surface area contributed by atoms with Crippen molar-refractivity contribution in [2.24, 2.45) is 0 Å². The third-order valence-electron chi connectivity index (χ3n) is 5.36. The SMILES string of the molecule is O=C(O)/C=C(/c1ccc(F)cc1)c1ccc(Sc2cc(F)cc(C(O)(c3nccs3)C(F)(F)F)c2)cc1O.[NaH].[NaH]. The number of rotatable bonds is 7. The molecule has 1 atom stereocenters. The molecule has 0 saturated carbocycles. The van der Waals surface area contributed by atoms with Gasteiger partial charge < -0.3 is 15.3 Å². The van der Waals surface area contributed by atoms with Gasteiger partial charge in [-0.1, -0.05) is 23.9 Å². The van der Waals surface area contributed by atoms with Gasteiger partial charge in [0.15, 0.2) is 0 Å². The molecule has 200 valence electrons. The summed E-state index contributed by atoms with van der Waals surface area (Å²) >= 11 is 1.37. The molecule has 0 aliphatic carbocycles. The molecule has 0 aliphatic rings. The van der Waals surface area contributed by atoms with Crippen molar-refractivity contribution in [2.45, 2.75) is 21.6 Å². The van der Waals surface area contributed by atoms with Crippen LogP contribution in [0, 0.1) is 11.6 Å². The molecule has 1 heterocycles. The van der Waals surface area contributed by atoms with E-state index in [0.717, 1.165) is 48.3 Å². The number of hydrogen-bond donors (Lipinski definition) is 3. The molecule has 5 nitrogen and oxygen atoms in total. The van der Waals surface area contributed by atoms with Crippen LogP contribution >= 0.6 is 23.1 Å². The van der Waals surface area contributed by atoms with Crippen molar-refractivity contribution >= 4 is 93.8 Å². The van der Waals surface area contributed by atoms with Gasteiger partial charge in [-0.15, -0.1) is 11.3 Å². The summed E-state index contributed by atoms with van der Waals surface area (Å²) in [4.78, 5) is 15.2. The number of thiazole rings is 1. The molecule has 0 aliphatic heterocycles. The summed E-state index contributed by atoms with van der Waals surface area (Å²) in [6.07, 6.45) is -3.27. The summed E-state index contributed by atoms with van der Waals surface area (Å²) in [7, 11) is 0. The molecule has 14 heteroatoms. The van der Waals surface area contributed by atoms with E-state index < -0.39 is 40.0 Å². The fourth-order valence-electron chi connectivity index (χ4n) is 3.65. The number of carbonyl (C=O) groups is 1. The number of aliphatic hydroxyl groups is 1. The van der Waals surface area contributed by atoms with Crippen LogP contribution in [0.15, 0.2) is 88.1 Å². The first-order valence-corrected chi connectivity index (χ1v) is 12.3. The van der Waals surface area contributed by atoms with Crippen LogP contribution in [-0.2, 0) is 10.4 Å². The number of halogens is 5. The summed E-state index contributed by atoms with van der Waals surface area (Å²) in [5.41, 5.74) is -3.83. The van der Waals surface area contributed by atoms with Crippen molar-refractivity contribution in [1.82, 2.24) is 4.98 Å². The van der Waals surface area contributed by atoms with Crippen molar-refractivity contribution in [3.63, 3.8) is 0 Å². The van der Waals surface area contributed by atoms with E-state index in [-0.39, 0.29) is 85.8 Å². The van der Waals surface area contributed by atoms with Gasteiger partial charge in [-0.2, -0.15) is 13.2 Å². The molecule has 1 aromatic heterocycles.